The third-order valence-corrected chi connectivity index (χ3v) is 2.73. The molecule has 7 heteroatoms. The number of nitrogens with two attached hydrogens (primary N) is 1. The molecular formula is C10H11ClF4N2. The Hall–Kier alpha value is -0.850. The van der Waals surface area contributed by atoms with Gasteiger partial charge in [-0.25, -0.2) is 4.39 Å². The van der Waals surface area contributed by atoms with Crippen LogP contribution >= 0.6 is 12.4 Å². The smallest absolute Gasteiger partial charge is 0.319 e. The van der Waals surface area contributed by atoms with Gasteiger partial charge in [-0.3, -0.25) is 0 Å². The van der Waals surface area contributed by atoms with E-state index in [1.165, 1.54) is 6.07 Å². The number of nitrogens with one attached hydrogen (secondary N) is 1. The van der Waals surface area contributed by atoms with Gasteiger partial charge in [-0.2, -0.15) is 13.2 Å². The van der Waals surface area contributed by atoms with Crippen molar-refractivity contribution in [3.8, 4) is 0 Å². The first-order valence-corrected chi connectivity index (χ1v) is 4.70. The van der Waals surface area contributed by atoms with Crippen molar-refractivity contribution in [2.75, 3.05) is 13.1 Å². The van der Waals surface area contributed by atoms with Crippen LogP contribution in [0.4, 0.5) is 17.6 Å². The maximum absolute atomic E-state index is 13.0. The lowest BCUT2D eigenvalue weighted by Crippen LogP contribution is -2.62. The molecule has 0 saturated carbocycles. The molecule has 2 rings (SSSR count). The van der Waals surface area contributed by atoms with Gasteiger partial charge in [0.05, 0.1) is 11.1 Å². The van der Waals surface area contributed by atoms with E-state index >= 15 is 0 Å². The monoisotopic (exact) mass is 270 g/mol. The standard InChI is InChI=1S/C10H10F4N2.ClH/c11-8-2-1-6(9(15)4-16-5-9)3-7(8)10(12,13)14;/h1-3,16H,4-5,15H2;1H. The number of benzene rings is 1. The minimum absolute atomic E-state index is 0. The molecule has 0 radical (unpaired) electrons. The first kappa shape index (κ1) is 14.2. The van der Waals surface area contributed by atoms with Crippen LogP contribution in [0, 0.1) is 5.82 Å². The molecule has 1 saturated heterocycles. The van der Waals surface area contributed by atoms with Gasteiger partial charge >= 0.3 is 6.18 Å². The summed E-state index contributed by atoms with van der Waals surface area (Å²) < 4.78 is 50.3. The molecule has 1 aliphatic heterocycles. The van der Waals surface area contributed by atoms with Gasteiger partial charge in [0, 0.05) is 13.1 Å². The van der Waals surface area contributed by atoms with E-state index in [0.717, 1.165) is 12.1 Å². The van der Waals surface area contributed by atoms with Crippen LogP contribution in [0.3, 0.4) is 0 Å². The van der Waals surface area contributed by atoms with Crippen LogP contribution in [0.5, 0.6) is 0 Å². The summed E-state index contributed by atoms with van der Waals surface area (Å²) in [6.45, 7) is 0.797. The molecule has 0 amide bonds. The normalized spacial score (nSPS) is 18.2. The lowest BCUT2D eigenvalue weighted by atomic mass is 9.84. The van der Waals surface area contributed by atoms with Gasteiger partial charge in [-0.1, -0.05) is 6.07 Å². The van der Waals surface area contributed by atoms with E-state index in [1.54, 1.807) is 0 Å². The highest BCUT2D eigenvalue weighted by Crippen LogP contribution is 2.34. The molecule has 17 heavy (non-hydrogen) atoms. The molecule has 2 nitrogen and oxygen atoms in total. The quantitative estimate of drug-likeness (QED) is 0.767. The van der Waals surface area contributed by atoms with E-state index in [-0.39, 0.29) is 12.4 Å². The molecule has 1 heterocycles. The average molecular weight is 271 g/mol. The Labute approximate surface area is 102 Å². The van der Waals surface area contributed by atoms with Gasteiger partial charge in [0.15, 0.2) is 0 Å². The number of hydrogen-bond acceptors (Lipinski definition) is 2. The fourth-order valence-electron chi connectivity index (χ4n) is 1.65. The zero-order chi connectivity index (χ0) is 12.0. The predicted molar refractivity (Wildman–Crippen MR) is 57.4 cm³/mol. The van der Waals surface area contributed by atoms with Crippen molar-refractivity contribution in [2.24, 2.45) is 5.73 Å². The largest absolute Gasteiger partial charge is 0.419 e. The summed E-state index contributed by atoms with van der Waals surface area (Å²) in [5.74, 6) is -1.27. The van der Waals surface area contributed by atoms with Gasteiger partial charge in [-0.05, 0) is 17.7 Å². The van der Waals surface area contributed by atoms with Gasteiger partial charge < -0.3 is 11.1 Å². The summed E-state index contributed by atoms with van der Waals surface area (Å²) >= 11 is 0. The third kappa shape index (κ3) is 2.53. The first-order valence-electron chi connectivity index (χ1n) is 4.70. The van der Waals surface area contributed by atoms with E-state index in [9.17, 15) is 17.6 Å². The van der Waals surface area contributed by atoms with Gasteiger partial charge in [0.2, 0.25) is 0 Å². The highest BCUT2D eigenvalue weighted by atomic mass is 35.5. The van der Waals surface area contributed by atoms with Crippen LogP contribution in [0.25, 0.3) is 0 Å². The molecular weight excluding hydrogens is 260 g/mol. The van der Waals surface area contributed by atoms with Crippen molar-refractivity contribution in [3.63, 3.8) is 0 Å². The van der Waals surface area contributed by atoms with Crippen molar-refractivity contribution in [1.82, 2.24) is 5.32 Å². The second kappa shape index (κ2) is 4.44. The van der Waals surface area contributed by atoms with Crippen LogP contribution < -0.4 is 11.1 Å². The van der Waals surface area contributed by atoms with Crippen molar-refractivity contribution < 1.29 is 17.6 Å². The molecule has 0 atom stereocenters. The highest BCUT2D eigenvalue weighted by Gasteiger charge is 2.39. The lowest BCUT2D eigenvalue weighted by molar-refractivity contribution is -0.140. The number of rotatable bonds is 1. The van der Waals surface area contributed by atoms with Gasteiger partial charge in [-0.15, -0.1) is 12.4 Å². The zero-order valence-electron chi connectivity index (χ0n) is 8.64. The molecule has 96 valence electrons. The average Bonchev–Trinajstić information content (AvgIpc) is 2.13. The van der Waals surface area contributed by atoms with E-state index in [0.29, 0.717) is 18.7 Å². The van der Waals surface area contributed by atoms with Gasteiger partial charge in [0.25, 0.3) is 0 Å². The minimum atomic E-state index is -4.69. The Balaban J connectivity index is 0.00000144. The van der Waals surface area contributed by atoms with Crippen LogP contribution in [0.1, 0.15) is 11.1 Å². The number of halogens is 5. The van der Waals surface area contributed by atoms with Crippen LogP contribution in [0.15, 0.2) is 18.2 Å². The summed E-state index contributed by atoms with van der Waals surface area (Å²) in [4.78, 5) is 0. The minimum Gasteiger partial charge on any atom is -0.319 e. The summed E-state index contributed by atoms with van der Waals surface area (Å²) in [5.41, 5.74) is 4.07. The van der Waals surface area contributed by atoms with Crippen molar-refractivity contribution >= 4 is 12.4 Å². The molecule has 1 aromatic carbocycles. The zero-order valence-corrected chi connectivity index (χ0v) is 9.46. The SMILES string of the molecule is Cl.NC1(c2ccc(F)c(C(F)(F)F)c2)CNC1. The Morgan fingerprint density at radius 2 is 1.82 bits per heavy atom. The fourth-order valence-corrected chi connectivity index (χ4v) is 1.65. The van der Waals surface area contributed by atoms with Crippen LogP contribution in [-0.4, -0.2) is 13.1 Å². The molecule has 0 aliphatic carbocycles. The number of hydrogen-bond donors (Lipinski definition) is 2. The summed E-state index contributed by atoms with van der Waals surface area (Å²) in [6, 6.07) is 2.90. The maximum Gasteiger partial charge on any atom is 0.419 e. The Kier molecular flexibility index (Phi) is 3.71. The highest BCUT2D eigenvalue weighted by molar-refractivity contribution is 5.85. The molecule has 1 aliphatic rings. The van der Waals surface area contributed by atoms with E-state index in [4.69, 9.17) is 5.73 Å². The molecule has 1 fully saturated rings. The molecule has 3 N–H and O–H groups in total. The fraction of sp³-hybridized carbons (Fsp3) is 0.400. The third-order valence-electron chi connectivity index (χ3n) is 2.73. The summed E-state index contributed by atoms with van der Waals surface area (Å²) in [7, 11) is 0. The Morgan fingerprint density at radius 3 is 2.24 bits per heavy atom. The second-order valence-electron chi connectivity index (χ2n) is 3.95. The number of alkyl halides is 3. The van der Waals surface area contributed by atoms with Gasteiger partial charge in [0.1, 0.15) is 5.82 Å². The Morgan fingerprint density at radius 1 is 1.24 bits per heavy atom. The topological polar surface area (TPSA) is 38.0 Å². The summed E-state index contributed by atoms with van der Waals surface area (Å²) in [6.07, 6.45) is -4.69. The first-order chi connectivity index (χ1) is 7.33. The maximum atomic E-state index is 13.0. The molecule has 1 aromatic rings. The predicted octanol–water partition coefficient (Wildman–Crippen LogP) is 2.02. The van der Waals surface area contributed by atoms with E-state index in [2.05, 4.69) is 5.32 Å². The Bertz CT molecular complexity index is 415. The lowest BCUT2D eigenvalue weighted by Gasteiger charge is -2.39. The van der Waals surface area contributed by atoms with Crippen molar-refractivity contribution in [2.45, 2.75) is 11.7 Å². The van der Waals surface area contributed by atoms with E-state index in [1.807, 2.05) is 0 Å². The van der Waals surface area contributed by atoms with Crippen molar-refractivity contribution in [1.29, 1.82) is 0 Å². The summed E-state index contributed by atoms with van der Waals surface area (Å²) in [5, 5.41) is 2.87. The van der Waals surface area contributed by atoms with Crippen molar-refractivity contribution in [3.05, 3.63) is 35.1 Å². The molecule has 0 spiro atoms. The van der Waals surface area contributed by atoms with E-state index < -0.39 is 23.1 Å². The molecule has 0 bridgehead atoms. The molecule has 0 aromatic heterocycles. The second-order valence-corrected chi connectivity index (χ2v) is 3.95. The van der Waals surface area contributed by atoms with Crippen LogP contribution in [0.2, 0.25) is 0 Å². The van der Waals surface area contributed by atoms with Crippen LogP contribution in [-0.2, 0) is 11.7 Å². The molecule has 0 unspecified atom stereocenters.